The van der Waals surface area contributed by atoms with Crippen molar-refractivity contribution in [2.75, 3.05) is 24.5 Å². The van der Waals surface area contributed by atoms with Crippen molar-refractivity contribution in [3.05, 3.63) is 95.8 Å². The highest BCUT2D eigenvalue weighted by atomic mass is 16.4. The van der Waals surface area contributed by atoms with E-state index in [1.807, 2.05) is 54.6 Å². The van der Waals surface area contributed by atoms with Crippen LogP contribution in [0.15, 0.2) is 79.1 Å². The molecule has 32 heavy (non-hydrogen) atoms. The first-order chi connectivity index (χ1) is 15.6. The Bertz CT molecular complexity index is 1040. The molecule has 1 aliphatic heterocycles. The van der Waals surface area contributed by atoms with Gasteiger partial charge in [0.05, 0.1) is 6.04 Å². The van der Waals surface area contributed by atoms with Gasteiger partial charge in [0.1, 0.15) is 6.04 Å². The van der Waals surface area contributed by atoms with Crippen LogP contribution in [0.2, 0.25) is 0 Å². The minimum Gasteiger partial charge on any atom is -0.480 e. The second kappa shape index (κ2) is 10.1. The molecular weight excluding hydrogens is 404 g/mol. The summed E-state index contributed by atoms with van der Waals surface area (Å²) in [5, 5.41) is 15.6. The number of piperazine rings is 1. The highest BCUT2D eigenvalue weighted by Gasteiger charge is 2.25. The standard InChI is InChI=1S/C25H26N4O3/c30-24(28-22(25(31)32)16-18-4-2-1-3-5-18)20-6-8-21(9-7-20)29-15-14-27-17-23(29)19-10-12-26-13-11-19/h1-13,22-23,27H,14-17H2,(H,28,30)(H,31,32)/t22-,23?/m0/s1. The lowest BCUT2D eigenvalue weighted by molar-refractivity contribution is -0.139. The first kappa shape index (κ1) is 21.5. The van der Waals surface area contributed by atoms with Crippen molar-refractivity contribution in [1.29, 1.82) is 0 Å². The fourth-order valence-corrected chi connectivity index (χ4v) is 3.99. The van der Waals surface area contributed by atoms with Crippen LogP contribution in [-0.4, -0.2) is 47.6 Å². The summed E-state index contributed by atoms with van der Waals surface area (Å²) in [5.41, 5.74) is 3.49. The SMILES string of the molecule is O=C(N[C@@H](Cc1ccccc1)C(=O)O)c1ccc(N2CCNCC2c2ccncc2)cc1. The van der Waals surface area contributed by atoms with Gasteiger partial charge >= 0.3 is 5.97 Å². The number of carbonyl (C=O) groups excluding carboxylic acids is 1. The topological polar surface area (TPSA) is 94.6 Å². The van der Waals surface area contributed by atoms with Crippen molar-refractivity contribution in [3.63, 3.8) is 0 Å². The minimum absolute atomic E-state index is 0.175. The van der Waals surface area contributed by atoms with E-state index in [4.69, 9.17) is 0 Å². The summed E-state index contributed by atoms with van der Waals surface area (Å²) < 4.78 is 0. The second-order valence-corrected chi connectivity index (χ2v) is 7.79. The summed E-state index contributed by atoms with van der Waals surface area (Å²) in [4.78, 5) is 30.8. The first-order valence-electron chi connectivity index (χ1n) is 10.7. The fourth-order valence-electron chi connectivity index (χ4n) is 3.99. The third-order valence-electron chi connectivity index (χ3n) is 5.68. The van der Waals surface area contributed by atoms with E-state index in [9.17, 15) is 14.7 Å². The van der Waals surface area contributed by atoms with Crippen LogP contribution in [0.1, 0.15) is 27.5 Å². The maximum absolute atomic E-state index is 12.7. The maximum Gasteiger partial charge on any atom is 0.326 e. The van der Waals surface area contributed by atoms with E-state index in [-0.39, 0.29) is 12.5 Å². The number of nitrogens with zero attached hydrogens (tertiary/aromatic N) is 2. The quantitative estimate of drug-likeness (QED) is 0.534. The summed E-state index contributed by atoms with van der Waals surface area (Å²) in [6.45, 7) is 2.55. The Labute approximate surface area is 187 Å². The van der Waals surface area contributed by atoms with Gasteiger partial charge in [-0.3, -0.25) is 9.78 Å². The van der Waals surface area contributed by atoms with E-state index in [0.717, 1.165) is 30.9 Å². The van der Waals surface area contributed by atoms with Crippen LogP contribution >= 0.6 is 0 Å². The number of carboxylic acids is 1. The van der Waals surface area contributed by atoms with Gasteiger partial charge in [-0.25, -0.2) is 4.79 Å². The normalized spacial score (nSPS) is 16.9. The molecule has 0 aliphatic carbocycles. The molecule has 0 radical (unpaired) electrons. The Morgan fingerprint density at radius 3 is 2.47 bits per heavy atom. The van der Waals surface area contributed by atoms with E-state index >= 15 is 0 Å². The Balaban J connectivity index is 1.46. The zero-order valence-electron chi connectivity index (χ0n) is 17.6. The molecule has 2 atom stereocenters. The van der Waals surface area contributed by atoms with Gasteiger partial charge in [0, 0.05) is 49.7 Å². The average molecular weight is 431 g/mol. The number of carbonyl (C=O) groups is 2. The van der Waals surface area contributed by atoms with Gasteiger partial charge in [0.15, 0.2) is 0 Å². The van der Waals surface area contributed by atoms with Gasteiger partial charge in [-0.15, -0.1) is 0 Å². The fraction of sp³-hybridized carbons (Fsp3) is 0.240. The highest BCUT2D eigenvalue weighted by molar-refractivity contribution is 5.97. The minimum atomic E-state index is -1.06. The third-order valence-corrected chi connectivity index (χ3v) is 5.68. The number of benzene rings is 2. The number of amides is 1. The third kappa shape index (κ3) is 5.12. The molecule has 3 N–H and O–H groups in total. The first-order valence-corrected chi connectivity index (χ1v) is 10.7. The Kier molecular flexibility index (Phi) is 6.77. The smallest absolute Gasteiger partial charge is 0.326 e. The van der Waals surface area contributed by atoms with Crippen molar-refractivity contribution >= 4 is 17.6 Å². The summed E-state index contributed by atoms with van der Waals surface area (Å²) in [7, 11) is 0. The van der Waals surface area contributed by atoms with Crippen LogP contribution in [0.3, 0.4) is 0 Å². The Morgan fingerprint density at radius 2 is 1.78 bits per heavy atom. The van der Waals surface area contributed by atoms with E-state index in [1.165, 1.54) is 5.56 Å². The van der Waals surface area contributed by atoms with E-state index < -0.39 is 17.9 Å². The largest absolute Gasteiger partial charge is 0.480 e. The van der Waals surface area contributed by atoms with Gasteiger partial charge in [-0.05, 0) is 47.5 Å². The monoisotopic (exact) mass is 430 g/mol. The second-order valence-electron chi connectivity index (χ2n) is 7.79. The Morgan fingerprint density at radius 1 is 1.06 bits per heavy atom. The number of hydrogen-bond acceptors (Lipinski definition) is 5. The molecule has 0 saturated carbocycles. The molecule has 1 amide bonds. The molecule has 0 bridgehead atoms. The lowest BCUT2D eigenvalue weighted by atomic mass is 10.0. The van der Waals surface area contributed by atoms with Crippen LogP contribution in [0.25, 0.3) is 0 Å². The highest BCUT2D eigenvalue weighted by Crippen LogP contribution is 2.28. The number of aliphatic carboxylic acids is 1. The van der Waals surface area contributed by atoms with Gasteiger partial charge in [-0.2, -0.15) is 0 Å². The number of nitrogens with one attached hydrogen (secondary N) is 2. The molecule has 1 saturated heterocycles. The average Bonchev–Trinajstić information content (AvgIpc) is 2.85. The predicted octanol–water partition coefficient (Wildman–Crippen LogP) is 2.66. The zero-order valence-corrected chi connectivity index (χ0v) is 17.6. The number of anilines is 1. The summed E-state index contributed by atoms with van der Waals surface area (Å²) >= 11 is 0. The van der Waals surface area contributed by atoms with Gasteiger partial charge < -0.3 is 20.6 Å². The molecule has 7 nitrogen and oxygen atoms in total. The van der Waals surface area contributed by atoms with Gasteiger partial charge in [0.2, 0.25) is 0 Å². The summed E-state index contributed by atoms with van der Waals surface area (Å²) in [6.07, 6.45) is 3.82. The molecule has 1 fully saturated rings. The lowest BCUT2D eigenvalue weighted by Gasteiger charge is -2.38. The Hall–Kier alpha value is -3.71. The van der Waals surface area contributed by atoms with Gasteiger partial charge in [-0.1, -0.05) is 30.3 Å². The molecule has 1 unspecified atom stereocenters. The summed E-state index contributed by atoms with van der Waals surface area (Å²) in [5.74, 6) is -1.45. The van der Waals surface area contributed by atoms with Crippen LogP contribution in [0.4, 0.5) is 5.69 Å². The molecule has 3 aromatic rings. The molecule has 1 aliphatic rings. The predicted molar refractivity (Wildman–Crippen MR) is 123 cm³/mol. The van der Waals surface area contributed by atoms with Crippen molar-refractivity contribution in [2.24, 2.45) is 0 Å². The molecule has 2 aromatic carbocycles. The number of rotatable bonds is 7. The van der Waals surface area contributed by atoms with Crippen LogP contribution in [0, 0.1) is 0 Å². The molecule has 1 aromatic heterocycles. The number of aromatic nitrogens is 1. The van der Waals surface area contributed by atoms with Crippen LogP contribution in [0.5, 0.6) is 0 Å². The van der Waals surface area contributed by atoms with E-state index in [0.29, 0.717) is 5.56 Å². The van der Waals surface area contributed by atoms with Crippen molar-refractivity contribution in [3.8, 4) is 0 Å². The van der Waals surface area contributed by atoms with Crippen molar-refractivity contribution < 1.29 is 14.7 Å². The molecule has 2 heterocycles. The maximum atomic E-state index is 12.7. The number of hydrogen-bond donors (Lipinski definition) is 3. The van der Waals surface area contributed by atoms with E-state index in [1.54, 1.807) is 24.5 Å². The van der Waals surface area contributed by atoms with Crippen LogP contribution < -0.4 is 15.5 Å². The van der Waals surface area contributed by atoms with Crippen molar-refractivity contribution in [2.45, 2.75) is 18.5 Å². The molecule has 7 heteroatoms. The zero-order chi connectivity index (χ0) is 22.3. The van der Waals surface area contributed by atoms with Crippen LogP contribution in [-0.2, 0) is 11.2 Å². The van der Waals surface area contributed by atoms with Gasteiger partial charge in [0.25, 0.3) is 5.91 Å². The molecule has 164 valence electrons. The molecule has 4 rings (SSSR count). The number of carboxylic acid groups (broad SMARTS) is 1. The van der Waals surface area contributed by atoms with E-state index in [2.05, 4.69) is 20.5 Å². The molecule has 0 spiro atoms. The summed E-state index contributed by atoms with van der Waals surface area (Å²) in [6, 6.07) is 19.8. The lowest BCUT2D eigenvalue weighted by Crippen LogP contribution is -2.46. The number of pyridine rings is 1. The van der Waals surface area contributed by atoms with Crippen molar-refractivity contribution in [1.82, 2.24) is 15.6 Å². The molecular formula is C25H26N4O3.